The van der Waals surface area contributed by atoms with E-state index in [1.165, 1.54) is 0 Å². The Balaban J connectivity index is 2.71. The van der Waals surface area contributed by atoms with Gasteiger partial charge in [0.05, 0.1) is 6.34 Å². The summed E-state index contributed by atoms with van der Waals surface area (Å²) in [5.41, 5.74) is 0.652. The van der Waals surface area contributed by atoms with Crippen molar-refractivity contribution in [1.82, 2.24) is 9.88 Å². The minimum absolute atomic E-state index is 0.652. The van der Waals surface area contributed by atoms with Crippen LogP contribution in [-0.2, 0) is 0 Å². The van der Waals surface area contributed by atoms with E-state index >= 15 is 0 Å². The number of nitrogens with zero attached hydrogens (tertiary/aromatic N) is 3. The maximum atomic E-state index is 5.46. The normalized spacial score (nSPS) is 10.5. The van der Waals surface area contributed by atoms with Crippen molar-refractivity contribution in [1.29, 1.82) is 0 Å². The van der Waals surface area contributed by atoms with Gasteiger partial charge in [0.2, 0.25) is 0 Å². The quantitative estimate of drug-likeness (QED) is 0.347. The molecule has 12 heavy (non-hydrogen) atoms. The second kappa shape index (κ2) is 3.90. The van der Waals surface area contributed by atoms with Gasteiger partial charge in [0, 0.05) is 20.3 Å². The molecule has 1 rings (SSSR count). The van der Waals surface area contributed by atoms with Crippen molar-refractivity contribution in [3.63, 3.8) is 0 Å². The van der Waals surface area contributed by atoms with Crippen molar-refractivity contribution >= 4 is 25.5 Å². The zero-order valence-electron chi connectivity index (χ0n) is 7.23. The number of rotatable bonds is 2. The van der Waals surface area contributed by atoms with Crippen LogP contribution in [0, 0.1) is 0 Å². The van der Waals surface area contributed by atoms with Crippen LogP contribution in [0.15, 0.2) is 23.3 Å². The van der Waals surface area contributed by atoms with Gasteiger partial charge in [-0.3, -0.25) is 0 Å². The molecular weight excluding hydrogens is 149 g/mol. The smallest absolute Gasteiger partial charge is 0.153 e. The standard InChI is InChI=1S/C8H10BN3/c1-12(2)6-11-8-4-3-7(9)5-10-8/h3-6H,1-2H3. The fraction of sp³-hybridized carbons (Fsp3) is 0.250. The zero-order chi connectivity index (χ0) is 8.97. The Morgan fingerprint density at radius 1 is 1.50 bits per heavy atom. The first kappa shape index (κ1) is 8.78. The van der Waals surface area contributed by atoms with E-state index < -0.39 is 0 Å². The van der Waals surface area contributed by atoms with Gasteiger partial charge in [0.15, 0.2) is 5.82 Å². The van der Waals surface area contributed by atoms with Crippen molar-refractivity contribution < 1.29 is 0 Å². The summed E-state index contributed by atoms with van der Waals surface area (Å²) in [6.45, 7) is 0. The van der Waals surface area contributed by atoms with Crippen LogP contribution < -0.4 is 5.46 Å². The summed E-state index contributed by atoms with van der Waals surface area (Å²) in [5, 5.41) is 0. The van der Waals surface area contributed by atoms with E-state index in [0.717, 1.165) is 0 Å². The maximum absolute atomic E-state index is 5.46. The van der Waals surface area contributed by atoms with Crippen LogP contribution in [0.3, 0.4) is 0 Å². The highest BCUT2D eigenvalue weighted by Crippen LogP contribution is 2.01. The molecule has 0 fully saturated rings. The van der Waals surface area contributed by atoms with Crippen molar-refractivity contribution in [3.05, 3.63) is 18.3 Å². The molecule has 0 bridgehead atoms. The Kier molecular flexibility index (Phi) is 2.85. The van der Waals surface area contributed by atoms with E-state index in [1.54, 1.807) is 24.7 Å². The van der Waals surface area contributed by atoms with Gasteiger partial charge in [-0.2, -0.15) is 0 Å². The van der Waals surface area contributed by atoms with E-state index in [9.17, 15) is 0 Å². The number of hydrogen-bond donors (Lipinski definition) is 0. The molecule has 0 aromatic carbocycles. The molecule has 0 unspecified atom stereocenters. The van der Waals surface area contributed by atoms with E-state index in [1.807, 2.05) is 19.0 Å². The van der Waals surface area contributed by atoms with Crippen LogP contribution in [0.5, 0.6) is 0 Å². The first-order chi connectivity index (χ1) is 5.68. The van der Waals surface area contributed by atoms with Crippen LogP contribution in [0.25, 0.3) is 0 Å². The molecule has 0 aliphatic carbocycles. The summed E-state index contributed by atoms with van der Waals surface area (Å²) in [6, 6.07) is 3.55. The molecule has 0 saturated carbocycles. The Morgan fingerprint density at radius 2 is 2.25 bits per heavy atom. The Bertz CT molecular complexity index is 266. The van der Waals surface area contributed by atoms with Gasteiger partial charge < -0.3 is 4.90 Å². The monoisotopic (exact) mass is 159 g/mol. The summed E-state index contributed by atoms with van der Waals surface area (Å²) in [6.07, 6.45) is 3.28. The first-order valence-electron chi connectivity index (χ1n) is 3.60. The van der Waals surface area contributed by atoms with Crippen LogP contribution in [0.2, 0.25) is 0 Å². The molecule has 0 aliphatic heterocycles. The largest absolute Gasteiger partial charge is 0.369 e. The third-order valence-corrected chi connectivity index (χ3v) is 1.19. The van der Waals surface area contributed by atoms with Gasteiger partial charge in [0.25, 0.3) is 0 Å². The van der Waals surface area contributed by atoms with Gasteiger partial charge in [-0.05, 0) is 6.07 Å². The molecule has 0 amide bonds. The van der Waals surface area contributed by atoms with Crippen molar-refractivity contribution in [2.45, 2.75) is 0 Å². The SMILES string of the molecule is [B]c1ccc(N=CN(C)C)nc1. The molecule has 2 radical (unpaired) electrons. The Hall–Kier alpha value is -1.32. The lowest BCUT2D eigenvalue weighted by molar-refractivity contribution is 0.643. The summed E-state index contributed by atoms with van der Waals surface area (Å²) in [5.74, 6) is 0.665. The number of aliphatic imine (C=N–C) groups is 1. The zero-order valence-corrected chi connectivity index (χ0v) is 7.23. The van der Waals surface area contributed by atoms with Gasteiger partial charge in [0.1, 0.15) is 7.85 Å². The minimum atomic E-state index is 0.652. The minimum Gasteiger partial charge on any atom is -0.369 e. The molecule has 60 valence electrons. The molecule has 1 aromatic heterocycles. The van der Waals surface area contributed by atoms with Gasteiger partial charge in [-0.15, -0.1) is 0 Å². The fourth-order valence-electron chi connectivity index (χ4n) is 0.648. The molecule has 0 atom stereocenters. The van der Waals surface area contributed by atoms with Crippen LogP contribution in [0.1, 0.15) is 0 Å². The van der Waals surface area contributed by atoms with E-state index in [4.69, 9.17) is 7.85 Å². The third-order valence-electron chi connectivity index (χ3n) is 1.19. The summed E-state index contributed by atoms with van der Waals surface area (Å²) >= 11 is 0. The average molecular weight is 159 g/mol. The second-order valence-electron chi connectivity index (χ2n) is 2.66. The van der Waals surface area contributed by atoms with E-state index in [0.29, 0.717) is 11.3 Å². The highest BCUT2D eigenvalue weighted by atomic mass is 15.1. The highest BCUT2D eigenvalue weighted by Gasteiger charge is 1.87. The van der Waals surface area contributed by atoms with Crippen LogP contribution in [-0.4, -0.2) is 38.2 Å². The lowest BCUT2D eigenvalue weighted by atomic mass is 9.99. The molecule has 4 heteroatoms. The lowest BCUT2D eigenvalue weighted by Gasteiger charge is -2.01. The molecule has 0 aliphatic rings. The second-order valence-corrected chi connectivity index (χ2v) is 2.66. The number of aromatic nitrogens is 1. The third kappa shape index (κ3) is 2.74. The predicted molar refractivity (Wildman–Crippen MR) is 51.5 cm³/mol. The van der Waals surface area contributed by atoms with Crippen molar-refractivity contribution in [3.8, 4) is 0 Å². The molecule has 3 nitrogen and oxygen atoms in total. The lowest BCUT2D eigenvalue weighted by Crippen LogP contribution is -2.07. The fourth-order valence-corrected chi connectivity index (χ4v) is 0.648. The Labute approximate surface area is 73.6 Å². The van der Waals surface area contributed by atoms with Crippen molar-refractivity contribution in [2.75, 3.05) is 14.1 Å². The van der Waals surface area contributed by atoms with Gasteiger partial charge >= 0.3 is 0 Å². The predicted octanol–water partition coefficient (Wildman–Crippen LogP) is 0.0968. The van der Waals surface area contributed by atoms with Crippen molar-refractivity contribution in [2.24, 2.45) is 4.99 Å². The molecule has 1 aromatic rings. The topological polar surface area (TPSA) is 28.5 Å². The molecule has 0 saturated heterocycles. The van der Waals surface area contributed by atoms with Crippen LogP contribution in [0.4, 0.5) is 5.82 Å². The van der Waals surface area contributed by atoms with E-state index in [2.05, 4.69) is 9.98 Å². The number of hydrogen-bond acceptors (Lipinski definition) is 2. The summed E-state index contributed by atoms with van der Waals surface area (Å²) < 4.78 is 0. The van der Waals surface area contributed by atoms with Gasteiger partial charge in [-0.1, -0.05) is 11.5 Å². The molecule has 0 N–H and O–H groups in total. The molecule has 0 spiro atoms. The van der Waals surface area contributed by atoms with Crippen LogP contribution >= 0.6 is 0 Å². The molecule has 1 heterocycles. The summed E-state index contributed by atoms with van der Waals surface area (Å²) in [4.78, 5) is 9.93. The Morgan fingerprint density at radius 3 is 2.75 bits per heavy atom. The summed E-state index contributed by atoms with van der Waals surface area (Å²) in [7, 11) is 9.26. The highest BCUT2D eigenvalue weighted by molar-refractivity contribution is 6.32. The first-order valence-corrected chi connectivity index (χ1v) is 3.60. The van der Waals surface area contributed by atoms with Gasteiger partial charge in [-0.25, -0.2) is 9.98 Å². The number of pyridine rings is 1. The maximum Gasteiger partial charge on any atom is 0.153 e. The van der Waals surface area contributed by atoms with E-state index in [-0.39, 0.29) is 0 Å². The average Bonchev–Trinajstić information content (AvgIpc) is 2.03. The molecular formula is C8H10BN3.